The zero-order valence-corrected chi connectivity index (χ0v) is 12.3. The second-order valence-corrected chi connectivity index (χ2v) is 5.45. The zero-order valence-electron chi connectivity index (χ0n) is 12.3. The van der Waals surface area contributed by atoms with Crippen molar-refractivity contribution in [2.45, 2.75) is 32.4 Å². The van der Waals surface area contributed by atoms with Crippen molar-refractivity contribution >= 4 is 5.91 Å². The van der Waals surface area contributed by atoms with Gasteiger partial charge < -0.3 is 14.1 Å². The number of carbonyl (C=O) groups is 1. The lowest BCUT2D eigenvalue weighted by Gasteiger charge is -2.22. The number of nitrogens with zero attached hydrogens (tertiary/aromatic N) is 1. The molecule has 0 spiro atoms. The second kappa shape index (κ2) is 5.64. The van der Waals surface area contributed by atoms with Gasteiger partial charge in [0.15, 0.2) is 5.76 Å². The highest BCUT2D eigenvalue weighted by Gasteiger charge is 2.34. The predicted molar refractivity (Wildman–Crippen MR) is 79.3 cm³/mol. The van der Waals surface area contributed by atoms with Crippen LogP contribution < -0.4 is 4.74 Å². The van der Waals surface area contributed by atoms with Gasteiger partial charge in [0.05, 0.1) is 13.4 Å². The summed E-state index contributed by atoms with van der Waals surface area (Å²) in [5.74, 6) is 1.26. The van der Waals surface area contributed by atoms with E-state index in [1.54, 1.807) is 13.4 Å². The molecule has 2 aromatic rings. The van der Waals surface area contributed by atoms with Crippen LogP contribution in [0.4, 0.5) is 0 Å². The Morgan fingerprint density at radius 1 is 1.29 bits per heavy atom. The normalized spacial score (nSPS) is 14.0. The molecule has 4 nitrogen and oxygen atoms in total. The number of hydrogen-bond donors (Lipinski definition) is 0. The molecule has 0 saturated heterocycles. The summed E-state index contributed by atoms with van der Waals surface area (Å²) in [4.78, 5) is 14.6. The van der Waals surface area contributed by atoms with Crippen LogP contribution in [0.15, 0.2) is 41.0 Å². The molecule has 1 aromatic carbocycles. The fraction of sp³-hybridized carbons (Fsp3) is 0.353. The summed E-state index contributed by atoms with van der Waals surface area (Å²) >= 11 is 0. The predicted octanol–water partition coefficient (Wildman–Crippen LogP) is 3.40. The summed E-state index contributed by atoms with van der Waals surface area (Å²) in [6.07, 6.45) is 3.71. The highest BCUT2D eigenvalue weighted by molar-refractivity contribution is 5.93. The molecule has 1 heterocycles. The van der Waals surface area contributed by atoms with Crippen molar-refractivity contribution < 1.29 is 13.9 Å². The minimum Gasteiger partial charge on any atom is -0.497 e. The van der Waals surface area contributed by atoms with Gasteiger partial charge in [-0.1, -0.05) is 12.1 Å². The number of benzene rings is 1. The Morgan fingerprint density at radius 2 is 2.00 bits per heavy atom. The molecule has 0 N–H and O–H groups in total. The van der Waals surface area contributed by atoms with Gasteiger partial charge >= 0.3 is 0 Å². The summed E-state index contributed by atoms with van der Waals surface area (Å²) < 4.78 is 10.5. The molecule has 0 unspecified atom stereocenters. The molecule has 3 rings (SSSR count). The van der Waals surface area contributed by atoms with Crippen molar-refractivity contribution in [2.24, 2.45) is 0 Å². The van der Waals surface area contributed by atoms with Gasteiger partial charge in [0, 0.05) is 18.2 Å². The smallest absolute Gasteiger partial charge is 0.290 e. The molecule has 0 bridgehead atoms. The molecule has 110 valence electrons. The van der Waals surface area contributed by atoms with Crippen LogP contribution in [-0.4, -0.2) is 24.0 Å². The van der Waals surface area contributed by atoms with E-state index < -0.39 is 0 Å². The maximum absolute atomic E-state index is 12.6. The number of aryl methyl sites for hydroxylation is 1. The molecule has 1 aliphatic rings. The third-order valence-electron chi connectivity index (χ3n) is 3.82. The van der Waals surface area contributed by atoms with E-state index >= 15 is 0 Å². The molecule has 1 fully saturated rings. The van der Waals surface area contributed by atoms with E-state index in [-0.39, 0.29) is 5.91 Å². The van der Waals surface area contributed by atoms with E-state index in [9.17, 15) is 4.79 Å². The van der Waals surface area contributed by atoms with Gasteiger partial charge in [-0.3, -0.25) is 4.79 Å². The quantitative estimate of drug-likeness (QED) is 0.845. The Kier molecular flexibility index (Phi) is 3.69. The molecule has 1 saturated carbocycles. The van der Waals surface area contributed by atoms with Crippen molar-refractivity contribution in [1.82, 2.24) is 4.90 Å². The minimum atomic E-state index is -0.0178. The van der Waals surface area contributed by atoms with Crippen LogP contribution in [0.5, 0.6) is 5.75 Å². The van der Waals surface area contributed by atoms with Crippen molar-refractivity contribution in [3.05, 3.63) is 53.5 Å². The SMILES string of the molecule is COc1ccc(CN(C(=O)c2occc2C)C2CC2)cc1. The van der Waals surface area contributed by atoms with Crippen LogP contribution in [-0.2, 0) is 6.54 Å². The van der Waals surface area contributed by atoms with Crippen LogP contribution in [0.25, 0.3) is 0 Å². The summed E-state index contributed by atoms with van der Waals surface area (Å²) in [7, 11) is 1.65. The fourth-order valence-corrected chi connectivity index (χ4v) is 2.40. The van der Waals surface area contributed by atoms with Gasteiger partial charge in [0.25, 0.3) is 5.91 Å². The van der Waals surface area contributed by atoms with Crippen molar-refractivity contribution in [3.8, 4) is 5.75 Å². The maximum Gasteiger partial charge on any atom is 0.290 e. The number of methoxy groups -OCH3 is 1. The standard InChI is InChI=1S/C17H19NO3/c1-12-9-10-21-16(12)17(19)18(14-5-6-14)11-13-3-7-15(20-2)8-4-13/h3-4,7-10,14H,5-6,11H2,1-2H3. The van der Waals surface area contributed by atoms with E-state index in [1.165, 1.54) is 0 Å². The van der Waals surface area contributed by atoms with E-state index in [2.05, 4.69) is 0 Å². The Hall–Kier alpha value is -2.23. The summed E-state index contributed by atoms with van der Waals surface area (Å²) in [6, 6.07) is 9.99. The Balaban J connectivity index is 1.78. The van der Waals surface area contributed by atoms with Crippen LogP contribution in [0.2, 0.25) is 0 Å². The van der Waals surface area contributed by atoms with Crippen LogP contribution in [0.1, 0.15) is 34.5 Å². The van der Waals surface area contributed by atoms with Crippen molar-refractivity contribution in [3.63, 3.8) is 0 Å². The highest BCUT2D eigenvalue weighted by atomic mass is 16.5. The molecule has 21 heavy (non-hydrogen) atoms. The van der Waals surface area contributed by atoms with Crippen molar-refractivity contribution in [2.75, 3.05) is 7.11 Å². The van der Waals surface area contributed by atoms with Gasteiger partial charge in [0.1, 0.15) is 5.75 Å². The van der Waals surface area contributed by atoms with Crippen LogP contribution >= 0.6 is 0 Å². The van der Waals surface area contributed by atoms with E-state index in [0.717, 1.165) is 29.7 Å². The monoisotopic (exact) mass is 285 g/mol. The van der Waals surface area contributed by atoms with Crippen LogP contribution in [0, 0.1) is 6.92 Å². The van der Waals surface area contributed by atoms with E-state index in [1.807, 2.05) is 42.2 Å². The van der Waals surface area contributed by atoms with E-state index in [0.29, 0.717) is 18.3 Å². The lowest BCUT2D eigenvalue weighted by atomic mass is 10.2. The topological polar surface area (TPSA) is 42.7 Å². The first-order valence-corrected chi connectivity index (χ1v) is 7.17. The molecule has 0 atom stereocenters. The van der Waals surface area contributed by atoms with E-state index in [4.69, 9.17) is 9.15 Å². The second-order valence-electron chi connectivity index (χ2n) is 5.45. The average molecular weight is 285 g/mol. The van der Waals surface area contributed by atoms with Gasteiger partial charge in [-0.25, -0.2) is 0 Å². The first-order valence-electron chi connectivity index (χ1n) is 7.17. The third-order valence-corrected chi connectivity index (χ3v) is 3.82. The average Bonchev–Trinajstić information content (AvgIpc) is 3.26. The number of rotatable bonds is 5. The molecule has 1 amide bonds. The number of hydrogen-bond acceptors (Lipinski definition) is 3. The first kappa shape index (κ1) is 13.7. The van der Waals surface area contributed by atoms with Gasteiger partial charge in [-0.15, -0.1) is 0 Å². The molecular formula is C17H19NO3. The third kappa shape index (κ3) is 2.94. The Morgan fingerprint density at radius 3 is 2.52 bits per heavy atom. The minimum absolute atomic E-state index is 0.0178. The lowest BCUT2D eigenvalue weighted by Crippen LogP contribution is -2.32. The largest absolute Gasteiger partial charge is 0.497 e. The summed E-state index contributed by atoms with van der Waals surface area (Å²) in [6.45, 7) is 2.50. The molecule has 4 heteroatoms. The number of ether oxygens (including phenoxy) is 1. The first-order chi connectivity index (χ1) is 10.2. The molecule has 0 aliphatic heterocycles. The molecule has 1 aromatic heterocycles. The molecule has 0 radical (unpaired) electrons. The highest BCUT2D eigenvalue weighted by Crippen LogP contribution is 2.30. The number of furan rings is 1. The Bertz CT molecular complexity index is 626. The number of amides is 1. The zero-order chi connectivity index (χ0) is 14.8. The molecule has 1 aliphatic carbocycles. The summed E-state index contributed by atoms with van der Waals surface area (Å²) in [5, 5.41) is 0. The van der Waals surface area contributed by atoms with Gasteiger partial charge in [-0.05, 0) is 43.5 Å². The maximum atomic E-state index is 12.6. The molecular weight excluding hydrogens is 266 g/mol. The fourth-order valence-electron chi connectivity index (χ4n) is 2.40. The van der Waals surface area contributed by atoms with Crippen LogP contribution in [0.3, 0.4) is 0 Å². The Labute approximate surface area is 124 Å². The van der Waals surface area contributed by atoms with Gasteiger partial charge in [0.2, 0.25) is 0 Å². The lowest BCUT2D eigenvalue weighted by molar-refractivity contribution is 0.0696. The van der Waals surface area contributed by atoms with Crippen molar-refractivity contribution in [1.29, 1.82) is 0 Å². The summed E-state index contributed by atoms with van der Waals surface area (Å²) in [5.41, 5.74) is 1.99. The number of carbonyl (C=O) groups excluding carboxylic acids is 1. The van der Waals surface area contributed by atoms with Gasteiger partial charge in [-0.2, -0.15) is 0 Å².